The molecule has 3 atom stereocenters. The van der Waals surface area contributed by atoms with Crippen LogP contribution in [0.3, 0.4) is 0 Å². The first-order chi connectivity index (χ1) is 14.9. The highest BCUT2D eigenvalue weighted by atomic mass is 35.5. The summed E-state index contributed by atoms with van der Waals surface area (Å²) < 4.78 is 11.3. The molecule has 164 valence electrons. The number of fused-ring (bicyclic) bond motifs is 2. The van der Waals surface area contributed by atoms with Crippen molar-refractivity contribution in [3.05, 3.63) is 46.6 Å². The van der Waals surface area contributed by atoms with Gasteiger partial charge in [-0.1, -0.05) is 18.5 Å². The molecule has 0 spiro atoms. The molecule has 4 aliphatic rings. The minimum Gasteiger partial charge on any atom is -0.480 e. The summed E-state index contributed by atoms with van der Waals surface area (Å²) in [7, 11) is 0. The highest BCUT2D eigenvalue weighted by molar-refractivity contribution is 6.30. The number of hydrogen-bond donors (Lipinski definition) is 3. The second-order valence-corrected chi connectivity index (χ2v) is 9.17. The third-order valence-corrected chi connectivity index (χ3v) is 6.84. The van der Waals surface area contributed by atoms with E-state index in [1.807, 2.05) is 6.92 Å². The van der Waals surface area contributed by atoms with Crippen LogP contribution in [-0.2, 0) is 11.2 Å². The van der Waals surface area contributed by atoms with E-state index in [0.717, 1.165) is 12.8 Å². The van der Waals surface area contributed by atoms with Crippen LogP contribution in [0.25, 0.3) is 0 Å². The Kier molecular flexibility index (Phi) is 4.94. The number of oxazole rings is 1. The van der Waals surface area contributed by atoms with E-state index < -0.39 is 12.2 Å². The first kappa shape index (κ1) is 20.3. The molecule has 3 N–H and O–H groups in total. The third-order valence-electron chi connectivity index (χ3n) is 6.60. The molecule has 1 aliphatic heterocycles. The number of aromatic nitrogens is 1. The van der Waals surface area contributed by atoms with Crippen molar-refractivity contribution < 1.29 is 23.8 Å². The van der Waals surface area contributed by atoms with Gasteiger partial charge in [-0.3, -0.25) is 9.59 Å². The number of amides is 2. The van der Waals surface area contributed by atoms with Crippen molar-refractivity contribution in [1.82, 2.24) is 15.6 Å². The lowest BCUT2D eigenvalue weighted by molar-refractivity contribution is -0.131. The van der Waals surface area contributed by atoms with Crippen molar-refractivity contribution in [2.24, 2.45) is 5.92 Å². The normalized spacial score (nSPS) is 30.7. The van der Waals surface area contributed by atoms with E-state index in [0.29, 0.717) is 41.0 Å². The maximum atomic E-state index is 12.8. The Morgan fingerprint density at radius 1 is 1.32 bits per heavy atom. The first-order valence-corrected chi connectivity index (χ1v) is 11.0. The second-order valence-electron chi connectivity index (χ2n) is 8.73. The molecular formula is C22H24ClN3O5. The maximum Gasteiger partial charge on any atom is 0.289 e. The maximum absolute atomic E-state index is 12.8. The van der Waals surface area contributed by atoms with Gasteiger partial charge in [0.15, 0.2) is 12.0 Å². The number of aliphatic hydroxyl groups excluding tert-OH is 1. The van der Waals surface area contributed by atoms with Gasteiger partial charge in [-0.15, -0.1) is 0 Å². The average molecular weight is 446 g/mol. The predicted octanol–water partition coefficient (Wildman–Crippen LogP) is 2.54. The number of benzene rings is 1. The molecule has 8 nitrogen and oxygen atoms in total. The van der Waals surface area contributed by atoms with Crippen LogP contribution in [0.2, 0.25) is 5.02 Å². The number of halogens is 1. The largest absolute Gasteiger partial charge is 0.480 e. The Hall–Kier alpha value is -2.58. The summed E-state index contributed by atoms with van der Waals surface area (Å²) in [6.45, 7) is 1.91. The van der Waals surface area contributed by atoms with Crippen molar-refractivity contribution in [3.63, 3.8) is 0 Å². The van der Waals surface area contributed by atoms with Gasteiger partial charge in [0.2, 0.25) is 5.76 Å². The minimum atomic E-state index is -0.809. The van der Waals surface area contributed by atoms with Crippen LogP contribution in [0, 0.1) is 5.92 Å². The van der Waals surface area contributed by atoms with Crippen LogP contribution < -0.4 is 15.4 Å². The number of rotatable bonds is 5. The van der Waals surface area contributed by atoms with Crippen molar-refractivity contribution in [3.8, 4) is 5.75 Å². The Morgan fingerprint density at radius 3 is 2.87 bits per heavy atom. The minimum absolute atomic E-state index is 0.0407. The SMILES string of the molecule is CCc1ncc(C(=O)NC23CC(C2)C(NC(=O)[C@H]2C[C@@H](O)c4cc(Cl)ccc4O2)C3)o1. The predicted molar refractivity (Wildman–Crippen MR) is 111 cm³/mol. The van der Waals surface area contributed by atoms with E-state index in [1.165, 1.54) is 6.20 Å². The van der Waals surface area contributed by atoms with Crippen molar-refractivity contribution in [2.75, 3.05) is 0 Å². The molecule has 1 aromatic heterocycles. The monoisotopic (exact) mass is 445 g/mol. The van der Waals surface area contributed by atoms with Gasteiger partial charge in [-0.25, -0.2) is 4.98 Å². The van der Waals surface area contributed by atoms with Crippen molar-refractivity contribution in [1.29, 1.82) is 0 Å². The zero-order valence-electron chi connectivity index (χ0n) is 17.1. The number of hydrogen-bond acceptors (Lipinski definition) is 6. The topological polar surface area (TPSA) is 114 Å². The molecule has 2 heterocycles. The fourth-order valence-corrected chi connectivity index (χ4v) is 5.22. The number of aliphatic hydroxyl groups is 1. The quantitative estimate of drug-likeness (QED) is 0.651. The number of nitrogens with zero attached hydrogens (tertiary/aromatic N) is 1. The van der Waals surface area contributed by atoms with E-state index in [4.69, 9.17) is 20.8 Å². The van der Waals surface area contributed by atoms with E-state index in [2.05, 4.69) is 15.6 Å². The summed E-state index contributed by atoms with van der Waals surface area (Å²) in [6, 6.07) is 4.96. The highest BCUT2D eigenvalue weighted by Gasteiger charge is 2.57. The molecule has 3 fully saturated rings. The standard InChI is InChI=1S/C22H24ClN3O5/c1-2-19-24-10-18(31-19)21(29)26-22-7-11(8-22)14(9-22)25-20(28)17-6-15(27)13-5-12(23)3-4-16(13)30-17/h3-5,10-11,14-15,17,27H,2,6-9H2,1H3,(H,25,28)(H,26,29)/t11?,14?,15-,17-,22?/m1/s1. The molecular weight excluding hydrogens is 422 g/mol. The molecule has 0 radical (unpaired) electrons. The molecule has 2 amide bonds. The van der Waals surface area contributed by atoms with E-state index >= 15 is 0 Å². The number of carbonyl (C=O) groups excluding carboxylic acids is 2. The van der Waals surface area contributed by atoms with Gasteiger partial charge in [0.1, 0.15) is 5.75 Å². The van der Waals surface area contributed by atoms with E-state index in [-0.39, 0.29) is 35.6 Å². The van der Waals surface area contributed by atoms with Crippen LogP contribution in [0.5, 0.6) is 5.75 Å². The summed E-state index contributed by atoms with van der Waals surface area (Å²) in [4.78, 5) is 29.4. The molecule has 2 bridgehead atoms. The number of aryl methyl sites for hydroxylation is 1. The first-order valence-electron chi connectivity index (χ1n) is 10.6. The lowest BCUT2D eigenvalue weighted by Crippen LogP contribution is -2.51. The molecule has 9 heteroatoms. The van der Waals surface area contributed by atoms with Gasteiger partial charge in [0.25, 0.3) is 11.8 Å². The Balaban J connectivity index is 1.19. The fraction of sp³-hybridized carbons (Fsp3) is 0.500. The zero-order chi connectivity index (χ0) is 21.8. The Bertz CT molecular complexity index is 1030. The highest BCUT2D eigenvalue weighted by Crippen LogP contribution is 2.52. The lowest BCUT2D eigenvalue weighted by Gasteiger charge is -2.38. The summed E-state index contributed by atoms with van der Waals surface area (Å²) in [6.07, 6.45) is 2.96. The Morgan fingerprint density at radius 2 is 2.13 bits per heavy atom. The van der Waals surface area contributed by atoms with Gasteiger partial charge >= 0.3 is 0 Å². The zero-order valence-corrected chi connectivity index (χ0v) is 17.8. The third kappa shape index (κ3) is 3.68. The van der Waals surface area contributed by atoms with Crippen LogP contribution in [0.15, 0.2) is 28.8 Å². The Labute approximate surface area is 184 Å². The fourth-order valence-electron chi connectivity index (χ4n) is 5.04. The van der Waals surface area contributed by atoms with Crippen molar-refractivity contribution >= 4 is 23.4 Å². The second kappa shape index (κ2) is 7.53. The van der Waals surface area contributed by atoms with Crippen LogP contribution in [-0.4, -0.2) is 39.6 Å². The summed E-state index contributed by atoms with van der Waals surface area (Å²) in [5.41, 5.74) is 0.273. The molecule has 2 aromatic rings. The van der Waals surface area contributed by atoms with Crippen LogP contribution in [0.4, 0.5) is 0 Å². The lowest BCUT2D eigenvalue weighted by atomic mass is 9.76. The summed E-state index contributed by atoms with van der Waals surface area (Å²) in [5, 5.41) is 17.1. The van der Waals surface area contributed by atoms with Gasteiger partial charge < -0.3 is 24.9 Å². The molecule has 1 unspecified atom stereocenters. The van der Waals surface area contributed by atoms with Gasteiger partial charge in [0, 0.05) is 35.0 Å². The molecule has 3 aliphatic carbocycles. The number of nitrogens with one attached hydrogen (secondary N) is 2. The average Bonchev–Trinajstić information content (AvgIpc) is 3.41. The van der Waals surface area contributed by atoms with E-state index in [9.17, 15) is 14.7 Å². The molecule has 6 rings (SSSR count). The van der Waals surface area contributed by atoms with Gasteiger partial charge in [-0.2, -0.15) is 0 Å². The molecule has 0 saturated heterocycles. The molecule has 3 saturated carbocycles. The van der Waals surface area contributed by atoms with E-state index in [1.54, 1.807) is 18.2 Å². The summed E-state index contributed by atoms with van der Waals surface area (Å²) in [5.74, 6) is 1.01. The number of ether oxygens (including phenoxy) is 1. The van der Waals surface area contributed by atoms with Crippen LogP contribution in [0.1, 0.15) is 60.7 Å². The van der Waals surface area contributed by atoms with Crippen molar-refractivity contribution in [2.45, 2.75) is 62.8 Å². The van der Waals surface area contributed by atoms with Gasteiger partial charge in [-0.05, 0) is 43.4 Å². The smallest absolute Gasteiger partial charge is 0.289 e. The summed E-state index contributed by atoms with van der Waals surface area (Å²) >= 11 is 5.99. The van der Waals surface area contributed by atoms with Crippen LogP contribution >= 0.6 is 11.6 Å². The van der Waals surface area contributed by atoms with Gasteiger partial charge in [0.05, 0.1) is 12.3 Å². The molecule has 31 heavy (non-hydrogen) atoms. The number of carbonyl (C=O) groups is 2. The molecule has 1 aromatic carbocycles.